The van der Waals surface area contributed by atoms with Gasteiger partial charge < -0.3 is 15.2 Å². The lowest BCUT2D eigenvalue weighted by molar-refractivity contribution is -0.384. The predicted octanol–water partition coefficient (Wildman–Crippen LogP) is 1.49. The number of aliphatic hydroxyl groups excluding tert-OH is 1. The Morgan fingerprint density at radius 1 is 1.55 bits per heavy atom. The SMILES string of the molecule is COCC(O)CCNc1c([N+](=O)[O-])c(C)nn1C(C)C. The first-order valence-corrected chi connectivity index (χ1v) is 6.52. The predicted molar refractivity (Wildman–Crippen MR) is 75.0 cm³/mol. The number of hydrogen-bond acceptors (Lipinski definition) is 6. The molecule has 1 unspecified atom stereocenters. The van der Waals surface area contributed by atoms with E-state index >= 15 is 0 Å². The number of nitro groups is 1. The summed E-state index contributed by atoms with van der Waals surface area (Å²) >= 11 is 0. The van der Waals surface area contributed by atoms with Crippen LogP contribution in [-0.2, 0) is 4.74 Å². The molecule has 0 saturated carbocycles. The smallest absolute Gasteiger partial charge is 0.333 e. The van der Waals surface area contributed by atoms with Crippen molar-refractivity contribution >= 4 is 11.5 Å². The summed E-state index contributed by atoms with van der Waals surface area (Å²) in [7, 11) is 1.51. The van der Waals surface area contributed by atoms with Crippen molar-refractivity contribution in [3.63, 3.8) is 0 Å². The molecule has 0 bridgehead atoms. The molecule has 8 nitrogen and oxygen atoms in total. The number of rotatable bonds is 8. The normalized spacial score (nSPS) is 12.7. The van der Waals surface area contributed by atoms with Crippen LogP contribution in [0.2, 0.25) is 0 Å². The first-order valence-electron chi connectivity index (χ1n) is 6.52. The maximum absolute atomic E-state index is 11.1. The molecular formula is C12H22N4O4. The van der Waals surface area contributed by atoms with Gasteiger partial charge in [0.15, 0.2) is 0 Å². The summed E-state index contributed by atoms with van der Waals surface area (Å²) in [5.41, 5.74) is 0.364. The summed E-state index contributed by atoms with van der Waals surface area (Å²) in [5.74, 6) is 0.382. The fourth-order valence-corrected chi connectivity index (χ4v) is 1.93. The lowest BCUT2D eigenvalue weighted by Crippen LogP contribution is -2.20. The average Bonchev–Trinajstić information content (AvgIpc) is 2.67. The number of ether oxygens (including phenoxy) is 1. The van der Waals surface area contributed by atoms with Crippen molar-refractivity contribution in [3.8, 4) is 0 Å². The molecule has 1 rings (SSSR count). The van der Waals surface area contributed by atoms with Gasteiger partial charge in [-0.05, 0) is 27.2 Å². The number of aryl methyl sites for hydroxylation is 1. The lowest BCUT2D eigenvalue weighted by Gasteiger charge is -2.13. The maximum Gasteiger partial charge on any atom is 0.333 e. The molecule has 8 heteroatoms. The Labute approximate surface area is 117 Å². The molecule has 0 aliphatic rings. The van der Waals surface area contributed by atoms with Gasteiger partial charge in [-0.2, -0.15) is 5.10 Å². The van der Waals surface area contributed by atoms with Crippen molar-refractivity contribution < 1.29 is 14.8 Å². The van der Waals surface area contributed by atoms with Crippen LogP contribution < -0.4 is 5.32 Å². The summed E-state index contributed by atoms with van der Waals surface area (Å²) in [4.78, 5) is 10.7. The number of nitrogens with zero attached hydrogens (tertiary/aromatic N) is 3. The number of nitrogens with one attached hydrogen (secondary N) is 1. The zero-order chi connectivity index (χ0) is 15.3. The number of aliphatic hydroxyl groups is 1. The minimum absolute atomic E-state index is 0.00815. The van der Waals surface area contributed by atoms with Crippen LogP contribution in [0, 0.1) is 17.0 Å². The zero-order valence-electron chi connectivity index (χ0n) is 12.3. The summed E-state index contributed by atoms with van der Waals surface area (Å²) in [6.07, 6.45) is -0.157. The van der Waals surface area contributed by atoms with E-state index in [-0.39, 0.29) is 18.3 Å². The third-order valence-electron chi connectivity index (χ3n) is 2.85. The minimum Gasteiger partial charge on any atom is -0.391 e. The van der Waals surface area contributed by atoms with Gasteiger partial charge in [0, 0.05) is 19.7 Å². The Bertz CT molecular complexity index is 459. The third kappa shape index (κ3) is 3.91. The van der Waals surface area contributed by atoms with Crippen LogP contribution in [0.5, 0.6) is 0 Å². The molecule has 0 spiro atoms. The Hall–Kier alpha value is -1.67. The fourth-order valence-electron chi connectivity index (χ4n) is 1.93. The molecule has 1 atom stereocenters. The minimum atomic E-state index is -0.594. The van der Waals surface area contributed by atoms with Gasteiger partial charge in [-0.15, -0.1) is 0 Å². The second-order valence-corrected chi connectivity index (χ2v) is 4.90. The number of hydrogen-bond donors (Lipinski definition) is 2. The maximum atomic E-state index is 11.1. The first kappa shape index (κ1) is 16.4. The van der Waals surface area contributed by atoms with Crippen LogP contribution in [0.25, 0.3) is 0 Å². The third-order valence-corrected chi connectivity index (χ3v) is 2.85. The fraction of sp³-hybridized carbons (Fsp3) is 0.750. The molecule has 114 valence electrons. The first-order chi connectivity index (χ1) is 9.38. The van der Waals surface area contributed by atoms with Gasteiger partial charge in [-0.25, -0.2) is 4.68 Å². The van der Waals surface area contributed by atoms with Crippen LogP contribution in [-0.4, -0.2) is 46.2 Å². The molecule has 1 aromatic heterocycles. The van der Waals surface area contributed by atoms with Gasteiger partial charge >= 0.3 is 5.69 Å². The molecular weight excluding hydrogens is 264 g/mol. The molecule has 1 aromatic rings. The van der Waals surface area contributed by atoms with E-state index in [2.05, 4.69) is 10.4 Å². The number of anilines is 1. The monoisotopic (exact) mass is 286 g/mol. The second-order valence-electron chi connectivity index (χ2n) is 4.90. The van der Waals surface area contributed by atoms with E-state index in [1.807, 2.05) is 13.8 Å². The second kappa shape index (κ2) is 7.20. The standard InChI is InChI=1S/C12H22N4O4/c1-8(2)15-12(11(16(18)19)9(3)14-15)13-6-5-10(17)7-20-4/h8,10,13,17H,5-7H2,1-4H3. The van der Waals surface area contributed by atoms with Crippen LogP contribution in [0.1, 0.15) is 32.0 Å². The van der Waals surface area contributed by atoms with Crippen LogP contribution in [0.15, 0.2) is 0 Å². The summed E-state index contributed by atoms with van der Waals surface area (Å²) in [6.45, 7) is 6.07. The largest absolute Gasteiger partial charge is 0.391 e. The van der Waals surface area contributed by atoms with Gasteiger partial charge in [0.1, 0.15) is 5.69 Å². The Kier molecular flexibility index (Phi) is 5.90. The van der Waals surface area contributed by atoms with Crippen molar-refractivity contribution in [2.75, 3.05) is 25.6 Å². The molecule has 0 aliphatic heterocycles. The van der Waals surface area contributed by atoms with Crippen LogP contribution >= 0.6 is 0 Å². The quantitative estimate of drug-likeness (QED) is 0.554. The van der Waals surface area contributed by atoms with Crippen LogP contribution in [0.4, 0.5) is 11.5 Å². The van der Waals surface area contributed by atoms with E-state index in [0.29, 0.717) is 24.5 Å². The Balaban J connectivity index is 2.84. The van der Waals surface area contributed by atoms with Gasteiger partial charge in [-0.1, -0.05) is 0 Å². The van der Waals surface area contributed by atoms with E-state index in [1.165, 1.54) is 7.11 Å². The van der Waals surface area contributed by atoms with E-state index in [4.69, 9.17) is 4.74 Å². The summed E-state index contributed by atoms with van der Waals surface area (Å²) in [6, 6.07) is 0.00815. The van der Waals surface area contributed by atoms with Gasteiger partial charge in [0.05, 0.1) is 17.6 Å². The molecule has 0 aromatic carbocycles. The van der Waals surface area contributed by atoms with Crippen molar-refractivity contribution in [1.82, 2.24) is 9.78 Å². The lowest BCUT2D eigenvalue weighted by atomic mass is 10.2. The topological polar surface area (TPSA) is 102 Å². The molecule has 20 heavy (non-hydrogen) atoms. The molecule has 2 N–H and O–H groups in total. The highest BCUT2D eigenvalue weighted by Crippen LogP contribution is 2.30. The van der Waals surface area contributed by atoms with E-state index in [9.17, 15) is 15.2 Å². The molecule has 0 radical (unpaired) electrons. The highest BCUT2D eigenvalue weighted by molar-refractivity contribution is 5.59. The van der Waals surface area contributed by atoms with Crippen molar-refractivity contribution in [3.05, 3.63) is 15.8 Å². The summed E-state index contributed by atoms with van der Waals surface area (Å²) in [5, 5.41) is 27.9. The van der Waals surface area contributed by atoms with Gasteiger partial charge in [0.2, 0.25) is 5.82 Å². The summed E-state index contributed by atoms with van der Waals surface area (Å²) < 4.78 is 6.42. The number of methoxy groups -OCH3 is 1. The number of aromatic nitrogens is 2. The van der Waals surface area contributed by atoms with E-state index in [1.54, 1.807) is 11.6 Å². The van der Waals surface area contributed by atoms with E-state index < -0.39 is 11.0 Å². The Morgan fingerprint density at radius 2 is 2.20 bits per heavy atom. The Morgan fingerprint density at radius 3 is 2.70 bits per heavy atom. The molecule has 1 heterocycles. The highest BCUT2D eigenvalue weighted by atomic mass is 16.6. The average molecular weight is 286 g/mol. The molecule has 0 aliphatic carbocycles. The van der Waals surface area contributed by atoms with Gasteiger partial charge in [-0.3, -0.25) is 10.1 Å². The highest BCUT2D eigenvalue weighted by Gasteiger charge is 2.26. The van der Waals surface area contributed by atoms with Crippen molar-refractivity contribution in [1.29, 1.82) is 0 Å². The van der Waals surface area contributed by atoms with E-state index in [0.717, 1.165) is 0 Å². The van der Waals surface area contributed by atoms with Crippen molar-refractivity contribution in [2.24, 2.45) is 0 Å². The molecule has 0 saturated heterocycles. The molecule has 0 amide bonds. The zero-order valence-corrected chi connectivity index (χ0v) is 12.3. The van der Waals surface area contributed by atoms with Crippen molar-refractivity contribution in [2.45, 2.75) is 39.3 Å². The molecule has 0 fully saturated rings. The van der Waals surface area contributed by atoms with Gasteiger partial charge in [0.25, 0.3) is 0 Å². The van der Waals surface area contributed by atoms with Crippen LogP contribution in [0.3, 0.4) is 0 Å².